The lowest BCUT2D eigenvalue weighted by Crippen LogP contribution is -2.51. The molecule has 0 atom stereocenters. The fraction of sp³-hybridized carbons (Fsp3) is 0.292. The average Bonchev–Trinajstić information content (AvgIpc) is 3.49. The van der Waals surface area contributed by atoms with Gasteiger partial charge in [-0.25, -0.2) is 18.3 Å². The Balaban J connectivity index is 1.33. The number of nitrogens with zero attached hydrogens (tertiary/aromatic N) is 7. The van der Waals surface area contributed by atoms with Crippen LogP contribution < -0.4 is 0 Å². The Morgan fingerprint density at radius 3 is 2.37 bits per heavy atom. The van der Waals surface area contributed by atoms with Gasteiger partial charge in [0, 0.05) is 50.6 Å². The van der Waals surface area contributed by atoms with E-state index in [9.17, 15) is 18.4 Å². The van der Waals surface area contributed by atoms with Crippen molar-refractivity contribution in [3.63, 3.8) is 0 Å². The molecule has 1 saturated heterocycles. The van der Waals surface area contributed by atoms with Gasteiger partial charge in [0.2, 0.25) is 5.91 Å². The van der Waals surface area contributed by atoms with Crippen LogP contribution in [-0.2, 0) is 18.3 Å². The van der Waals surface area contributed by atoms with Crippen LogP contribution in [0.4, 0.5) is 8.78 Å². The molecule has 0 unspecified atom stereocenters. The molecular weight excluding hydrogens is 456 g/mol. The number of carbonyl (C=O) groups is 2. The van der Waals surface area contributed by atoms with Crippen molar-refractivity contribution in [2.75, 3.05) is 26.2 Å². The summed E-state index contributed by atoms with van der Waals surface area (Å²) in [5.74, 6) is -0.296. The van der Waals surface area contributed by atoms with Crippen molar-refractivity contribution in [1.82, 2.24) is 34.2 Å². The van der Waals surface area contributed by atoms with Gasteiger partial charge < -0.3 is 9.80 Å². The Labute approximate surface area is 199 Å². The van der Waals surface area contributed by atoms with Crippen molar-refractivity contribution in [2.24, 2.45) is 7.05 Å². The normalized spacial score (nSPS) is 14.2. The van der Waals surface area contributed by atoms with Gasteiger partial charge in [-0.3, -0.25) is 14.3 Å². The zero-order valence-corrected chi connectivity index (χ0v) is 19.0. The van der Waals surface area contributed by atoms with E-state index in [1.165, 1.54) is 16.9 Å². The molecule has 1 fully saturated rings. The van der Waals surface area contributed by atoms with E-state index in [-0.39, 0.29) is 29.6 Å². The molecule has 180 valence electrons. The molecule has 5 rings (SSSR count). The van der Waals surface area contributed by atoms with Crippen LogP contribution in [0.15, 0.2) is 54.9 Å². The molecule has 1 aromatic carbocycles. The second-order valence-corrected chi connectivity index (χ2v) is 8.33. The quantitative estimate of drug-likeness (QED) is 0.439. The van der Waals surface area contributed by atoms with Crippen LogP contribution in [0.5, 0.6) is 0 Å². The van der Waals surface area contributed by atoms with Crippen LogP contribution in [0.25, 0.3) is 16.9 Å². The third-order valence-corrected chi connectivity index (χ3v) is 6.17. The Hall–Kier alpha value is -4.15. The SMILES string of the molecule is Cn1nccc1C(=O)N1CCN(C(=O)Cc2cnn3c(C(F)F)cc(-c4ccccc4)nc23)CC1. The van der Waals surface area contributed by atoms with E-state index >= 15 is 0 Å². The lowest BCUT2D eigenvalue weighted by molar-refractivity contribution is -0.131. The maximum atomic E-state index is 13.8. The smallest absolute Gasteiger partial charge is 0.280 e. The minimum atomic E-state index is -2.75. The van der Waals surface area contributed by atoms with Crippen LogP contribution in [0, 0.1) is 0 Å². The summed E-state index contributed by atoms with van der Waals surface area (Å²) >= 11 is 0. The number of hydrogen-bond donors (Lipinski definition) is 0. The van der Waals surface area contributed by atoms with Gasteiger partial charge in [-0.15, -0.1) is 0 Å². The lowest BCUT2D eigenvalue weighted by Gasteiger charge is -2.34. The summed E-state index contributed by atoms with van der Waals surface area (Å²) in [6.07, 6.45) is 0.215. The van der Waals surface area contributed by atoms with Crippen LogP contribution in [0.1, 0.15) is 28.2 Å². The summed E-state index contributed by atoms with van der Waals surface area (Å²) in [6, 6.07) is 12.0. The summed E-state index contributed by atoms with van der Waals surface area (Å²) < 4.78 is 30.2. The molecule has 2 amide bonds. The highest BCUT2D eigenvalue weighted by molar-refractivity contribution is 5.92. The summed E-state index contributed by atoms with van der Waals surface area (Å²) in [4.78, 5) is 33.6. The summed E-state index contributed by atoms with van der Waals surface area (Å²) in [5.41, 5.74) is 2.01. The van der Waals surface area contributed by atoms with Crippen molar-refractivity contribution in [2.45, 2.75) is 12.8 Å². The predicted octanol–water partition coefficient (Wildman–Crippen LogP) is 2.59. The van der Waals surface area contributed by atoms with E-state index in [0.29, 0.717) is 48.7 Å². The monoisotopic (exact) mass is 479 g/mol. The average molecular weight is 479 g/mol. The molecule has 0 aliphatic carbocycles. The van der Waals surface area contributed by atoms with Crippen LogP contribution in [0.3, 0.4) is 0 Å². The maximum absolute atomic E-state index is 13.8. The van der Waals surface area contributed by atoms with Gasteiger partial charge in [-0.2, -0.15) is 10.2 Å². The number of rotatable bonds is 5. The Bertz CT molecular complexity index is 1380. The number of aromatic nitrogens is 5. The Morgan fingerprint density at radius 2 is 1.71 bits per heavy atom. The number of hydrogen-bond acceptors (Lipinski definition) is 5. The van der Waals surface area contributed by atoms with Crippen molar-refractivity contribution in [3.8, 4) is 11.3 Å². The van der Waals surface area contributed by atoms with E-state index in [1.54, 1.807) is 41.2 Å². The number of amides is 2. The molecule has 4 aromatic rings. The fourth-order valence-electron chi connectivity index (χ4n) is 4.25. The van der Waals surface area contributed by atoms with Crippen molar-refractivity contribution < 1.29 is 18.4 Å². The van der Waals surface area contributed by atoms with E-state index in [4.69, 9.17) is 0 Å². The third-order valence-electron chi connectivity index (χ3n) is 6.17. The van der Waals surface area contributed by atoms with Gasteiger partial charge in [-0.1, -0.05) is 30.3 Å². The number of piperazine rings is 1. The summed E-state index contributed by atoms with van der Waals surface area (Å²) in [7, 11) is 1.71. The first kappa shape index (κ1) is 22.6. The van der Waals surface area contributed by atoms with E-state index < -0.39 is 6.43 Å². The fourth-order valence-corrected chi connectivity index (χ4v) is 4.25. The molecule has 9 nitrogen and oxygen atoms in total. The topological polar surface area (TPSA) is 88.6 Å². The first-order valence-corrected chi connectivity index (χ1v) is 11.2. The van der Waals surface area contributed by atoms with Crippen molar-refractivity contribution in [1.29, 1.82) is 0 Å². The van der Waals surface area contributed by atoms with Gasteiger partial charge in [0.05, 0.1) is 18.3 Å². The highest BCUT2D eigenvalue weighted by atomic mass is 19.3. The molecule has 35 heavy (non-hydrogen) atoms. The lowest BCUT2D eigenvalue weighted by atomic mass is 10.1. The van der Waals surface area contributed by atoms with Crippen LogP contribution >= 0.6 is 0 Å². The van der Waals surface area contributed by atoms with Crippen molar-refractivity contribution in [3.05, 3.63) is 71.8 Å². The minimum absolute atomic E-state index is 0.0207. The standard InChI is InChI=1S/C24H23F2N7O2/c1-30-19(7-8-27-30)24(35)32-11-9-31(10-12-32)21(34)13-17-15-28-33-20(22(25)26)14-18(29-23(17)33)16-5-3-2-4-6-16/h2-8,14-15,22H,9-13H2,1H3. The summed E-state index contributed by atoms with van der Waals surface area (Å²) in [6.45, 7) is 1.56. The van der Waals surface area contributed by atoms with Gasteiger partial charge in [0.25, 0.3) is 12.3 Å². The Kier molecular flexibility index (Phi) is 5.98. The van der Waals surface area contributed by atoms with E-state index in [2.05, 4.69) is 15.2 Å². The summed E-state index contributed by atoms with van der Waals surface area (Å²) in [5, 5.41) is 8.12. The second kappa shape index (κ2) is 9.24. The second-order valence-electron chi connectivity index (χ2n) is 8.33. The molecule has 0 spiro atoms. The first-order valence-electron chi connectivity index (χ1n) is 11.2. The maximum Gasteiger partial charge on any atom is 0.280 e. The first-order chi connectivity index (χ1) is 16.9. The molecule has 3 aromatic heterocycles. The zero-order chi connectivity index (χ0) is 24.5. The van der Waals surface area contributed by atoms with Crippen molar-refractivity contribution >= 4 is 17.5 Å². The molecule has 11 heteroatoms. The molecule has 0 radical (unpaired) electrons. The van der Waals surface area contributed by atoms with Gasteiger partial charge in [0.15, 0.2) is 5.65 Å². The number of carbonyl (C=O) groups excluding carboxylic acids is 2. The largest absolute Gasteiger partial charge is 0.339 e. The van der Waals surface area contributed by atoms with Gasteiger partial charge >= 0.3 is 0 Å². The zero-order valence-electron chi connectivity index (χ0n) is 19.0. The number of aryl methyl sites for hydroxylation is 1. The molecule has 0 saturated carbocycles. The minimum Gasteiger partial charge on any atom is -0.339 e. The highest BCUT2D eigenvalue weighted by Gasteiger charge is 2.27. The van der Waals surface area contributed by atoms with Gasteiger partial charge in [0.1, 0.15) is 11.4 Å². The highest BCUT2D eigenvalue weighted by Crippen LogP contribution is 2.27. The van der Waals surface area contributed by atoms with E-state index in [1.807, 2.05) is 18.2 Å². The van der Waals surface area contributed by atoms with Crippen LogP contribution in [-0.4, -0.2) is 72.2 Å². The molecule has 0 bridgehead atoms. The van der Waals surface area contributed by atoms with Crippen LogP contribution in [0.2, 0.25) is 0 Å². The number of alkyl halides is 2. The molecule has 4 heterocycles. The number of benzene rings is 1. The number of halogens is 2. The molecule has 1 aliphatic rings. The number of fused-ring (bicyclic) bond motifs is 1. The molecule has 0 N–H and O–H groups in total. The molecule has 1 aliphatic heterocycles. The molecular formula is C24H23F2N7O2. The predicted molar refractivity (Wildman–Crippen MR) is 123 cm³/mol. The third kappa shape index (κ3) is 4.36. The van der Waals surface area contributed by atoms with Gasteiger partial charge in [-0.05, 0) is 12.1 Å². The Morgan fingerprint density at radius 1 is 1.00 bits per heavy atom. The van der Waals surface area contributed by atoms with E-state index in [0.717, 1.165) is 4.52 Å².